The molecular weight excluding hydrogens is 761 g/mol. The molecule has 1 fully saturated rings. The van der Waals surface area contributed by atoms with Crippen LogP contribution in [0.1, 0.15) is 162 Å². The van der Waals surface area contributed by atoms with E-state index in [9.17, 15) is 34.1 Å². The summed E-state index contributed by atoms with van der Waals surface area (Å²) in [5.74, 6) is -1.61. The number of unbranched alkanes of at least 4 members (excludes halogenated alkanes) is 12. The number of carbonyl (C=O) groups is 3. The molecule has 0 spiro atoms. The van der Waals surface area contributed by atoms with Crippen LogP contribution in [0, 0.1) is 11.8 Å². The van der Waals surface area contributed by atoms with Crippen LogP contribution in [0.3, 0.4) is 0 Å². The van der Waals surface area contributed by atoms with Crippen molar-refractivity contribution >= 4 is 25.5 Å². The van der Waals surface area contributed by atoms with Crippen LogP contribution in [0.15, 0.2) is 48.6 Å². The molecule has 0 heterocycles. The van der Waals surface area contributed by atoms with Crippen LogP contribution in [-0.4, -0.2) is 77.5 Å². The van der Waals surface area contributed by atoms with Crippen molar-refractivity contribution in [2.75, 3.05) is 26.4 Å². The summed E-state index contributed by atoms with van der Waals surface area (Å²) in [5, 5.41) is 20.8. The molecule has 58 heavy (non-hydrogen) atoms. The second-order valence-electron chi connectivity index (χ2n) is 15.3. The highest BCUT2D eigenvalue weighted by Gasteiger charge is 2.39. The first kappa shape index (κ1) is 53.6. The summed E-state index contributed by atoms with van der Waals surface area (Å²) in [7, 11) is -4.45. The summed E-state index contributed by atoms with van der Waals surface area (Å²) < 4.78 is 32.8. The zero-order valence-electron chi connectivity index (χ0n) is 35.7. The quantitative estimate of drug-likeness (QED) is 0.0201. The number of carbonyl (C=O) groups excluding carboxylic acids is 3. The molecule has 1 rings (SSSR count). The van der Waals surface area contributed by atoms with Gasteiger partial charge in [0.1, 0.15) is 12.4 Å². The number of hydrogen-bond acceptors (Lipinski definition) is 11. The highest BCUT2D eigenvalue weighted by Crippen LogP contribution is 2.43. The van der Waals surface area contributed by atoms with Gasteiger partial charge >= 0.3 is 19.8 Å². The van der Waals surface area contributed by atoms with E-state index < -0.39 is 50.6 Å². The summed E-state index contributed by atoms with van der Waals surface area (Å²) in [6.45, 7) is 3.29. The zero-order chi connectivity index (χ0) is 42.7. The Morgan fingerprint density at radius 1 is 0.793 bits per heavy atom. The maximum Gasteiger partial charge on any atom is 0.472 e. The minimum absolute atomic E-state index is 0.00441. The van der Waals surface area contributed by atoms with Crippen LogP contribution < -0.4 is 5.73 Å². The Labute approximate surface area is 349 Å². The van der Waals surface area contributed by atoms with Crippen molar-refractivity contribution in [1.82, 2.24) is 0 Å². The predicted molar refractivity (Wildman–Crippen MR) is 230 cm³/mol. The molecule has 0 aliphatic heterocycles. The molecule has 1 saturated carbocycles. The number of esters is 2. The number of Topliss-reactive ketones (excluding diaryl/α,β-unsaturated/α-hetero) is 1. The van der Waals surface area contributed by atoms with E-state index in [2.05, 4.69) is 50.3 Å². The predicted octanol–water partition coefficient (Wildman–Crippen LogP) is 9.31. The number of aliphatic hydroxyl groups excluding tert-OH is 2. The van der Waals surface area contributed by atoms with E-state index in [4.69, 9.17) is 24.3 Å². The molecule has 12 nitrogen and oxygen atoms in total. The van der Waals surface area contributed by atoms with Crippen LogP contribution >= 0.6 is 7.82 Å². The van der Waals surface area contributed by atoms with Crippen LogP contribution in [0.25, 0.3) is 0 Å². The monoisotopic (exact) mass is 840 g/mol. The van der Waals surface area contributed by atoms with Crippen molar-refractivity contribution in [2.24, 2.45) is 17.6 Å². The minimum Gasteiger partial charge on any atom is -0.462 e. The molecule has 0 amide bonds. The Bertz CT molecular complexity index is 1250. The van der Waals surface area contributed by atoms with Gasteiger partial charge in [-0.05, 0) is 70.1 Å². The number of allylic oxidation sites excluding steroid dienone is 7. The van der Waals surface area contributed by atoms with Gasteiger partial charge in [0.2, 0.25) is 0 Å². The van der Waals surface area contributed by atoms with E-state index in [1.54, 1.807) is 12.2 Å². The number of aliphatic hydroxyl groups is 2. The highest BCUT2D eigenvalue weighted by atomic mass is 31.2. The molecule has 0 radical (unpaired) electrons. The molecule has 1 aliphatic rings. The zero-order valence-corrected chi connectivity index (χ0v) is 36.6. The van der Waals surface area contributed by atoms with Gasteiger partial charge in [0.25, 0.3) is 0 Å². The Kier molecular flexibility index (Phi) is 32.6. The van der Waals surface area contributed by atoms with E-state index >= 15 is 0 Å². The van der Waals surface area contributed by atoms with Crippen molar-refractivity contribution in [2.45, 2.75) is 180 Å². The molecule has 5 N–H and O–H groups in total. The van der Waals surface area contributed by atoms with Crippen molar-refractivity contribution in [3.05, 3.63) is 48.6 Å². The first-order valence-corrected chi connectivity index (χ1v) is 23.7. The van der Waals surface area contributed by atoms with Gasteiger partial charge in [0.05, 0.1) is 25.4 Å². The number of nitrogens with two attached hydrogens (primary N) is 1. The van der Waals surface area contributed by atoms with Crippen LogP contribution in [0.2, 0.25) is 0 Å². The van der Waals surface area contributed by atoms with Crippen molar-refractivity contribution in [3.63, 3.8) is 0 Å². The number of phosphoric acid groups is 1. The maximum atomic E-state index is 12.7. The molecule has 13 heteroatoms. The molecule has 0 saturated heterocycles. The van der Waals surface area contributed by atoms with Crippen LogP contribution in [-0.2, 0) is 37.5 Å². The lowest BCUT2D eigenvalue weighted by Gasteiger charge is -2.20. The fourth-order valence-corrected chi connectivity index (χ4v) is 7.49. The van der Waals surface area contributed by atoms with Crippen LogP contribution in [0.5, 0.6) is 0 Å². The van der Waals surface area contributed by atoms with E-state index in [1.165, 1.54) is 19.3 Å². The average Bonchev–Trinajstić information content (AvgIpc) is 3.47. The number of rotatable bonds is 37. The minimum atomic E-state index is -4.45. The molecule has 0 aromatic heterocycles. The normalized spacial score (nSPS) is 19.5. The van der Waals surface area contributed by atoms with Crippen molar-refractivity contribution in [3.8, 4) is 0 Å². The molecule has 1 aliphatic carbocycles. The Morgan fingerprint density at radius 3 is 2.03 bits per heavy atom. The summed E-state index contributed by atoms with van der Waals surface area (Å²) in [6, 6.07) is 0. The van der Waals surface area contributed by atoms with Gasteiger partial charge in [0, 0.05) is 31.7 Å². The number of phosphoric ester groups is 1. The van der Waals surface area contributed by atoms with Crippen molar-refractivity contribution in [1.29, 1.82) is 0 Å². The molecule has 0 bridgehead atoms. The number of ether oxygens (including phenoxy) is 2. The van der Waals surface area contributed by atoms with Gasteiger partial charge in [-0.15, -0.1) is 0 Å². The van der Waals surface area contributed by atoms with Gasteiger partial charge in [0.15, 0.2) is 6.10 Å². The SMILES string of the molecule is CCCCC/C=C\C/C=C\C/C=C\CCCCCCC(=O)OC[C@H](COP(=O)(O)OCCN)OC(=O)CCCCCC[C@H]1[C@@H](O)CC(=O)[C@@H]1/C=C/[C@@H](O)CCCCC. The largest absolute Gasteiger partial charge is 0.472 e. The highest BCUT2D eigenvalue weighted by molar-refractivity contribution is 7.47. The van der Waals surface area contributed by atoms with E-state index in [0.717, 1.165) is 77.0 Å². The molecular formula is C45H78NO11P. The summed E-state index contributed by atoms with van der Waals surface area (Å²) in [4.78, 5) is 47.6. The standard InChI is InChI=1S/C45H78NO11P/c1-3-5-7-8-9-10-11-12-13-14-15-16-17-18-19-20-25-29-44(50)54-36-39(37-56-58(52,53)55-34-33-46)57-45(51)30-26-22-21-24-28-40-41(43(49)35-42(40)48)32-31-38(47)27-23-6-4-2/h9-10,12-13,15-16,31-32,38-42,47-48H,3-8,11,14,17-30,33-37,46H2,1-2H3,(H,52,53)/b10-9-,13-12-,16-15-,32-31+/t38-,39+,40+,41+,42-/m0/s1. The topological polar surface area (TPSA) is 192 Å². The molecule has 334 valence electrons. The summed E-state index contributed by atoms with van der Waals surface area (Å²) in [5.41, 5.74) is 5.34. The van der Waals surface area contributed by atoms with Crippen molar-refractivity contribution < 1.29 is 52.6 Å². The maximum absolute atomic E-state index is 12.7. The molecule has 1 unspecified atom stereocenters. The molecule has 0 aromatic carbocycles. The van der Waals surface area contributed by atoms with Gasteiger partial charge in [-0.3, -0.25) is 23.4 Å². The molecule has 0 aromatic rings. The van der Waals surface area contributed by atoms with Crippen LogP contribution in [0.4, 0.5) is 0 Å². The van der Waals surface area contributed by atoms with Gasteiger partial charge in [-0.2, -0.15) is 0 Å². The van der Waals surface area contributed by atoms with E-state index in [-0.39, 0.29) is 50.7 Å². The Morgan fingerprint density at radius 2 is 1.38 bits per heavy atom. The number of ketones is 1. The second kappa shape index (κ2) is 35.3. The van der Waals surface area contributed by atoms with Gasteiger partial charge < -0.3 is 30.3 Å². The lowest BCUT2D eigenvalue weighted by atomic mass is 9.88. The fourth-order valence-electron chi connectivity index (χ4n) is 6.72. The smallest absolute Gasteiger partial charge is 0.462 e. The fraction of sp³-hybridized carbons (Fsp3) is 0.756. The lowest BCUT2D eigenvalue weighted by molar-refractivity contribution is -0.161. The third-order valence-corrected chi connectivity index (χ3v) is 11.1. The Balaban J connectivity index is 2.39. The number of hydrogen-bond donors (Lipinski definition) is 4. The van der Waals surface area contributed by atoms with E-state index in [1.807, 2.05) is 0 Å². The Hall–Kier alpha value is -2.44. The second-order valence-corrected chi connectivity index (χ2v) is 16.8. The van der Waals surface area contributed by atoms with Gasteiger partial charge in [-0.1, -0.05) is 127 Å². The van der Waals surface area contributed by atoms with Gasteiger partial charge in [-0.25, -0.2) is 4.57 Å². The first-order chi connectivity index (χ1) is 28.0. The summed E-state index contributed by atoms with van der Waals surface area (Å²) in [6.07, 6.45) is 33.3. The van der Waals surface area contributed by atoms with E-state index in [0.29, 0.717) is 32.1 Å². The third kappa shape index (κ3) is 28.9. The average molecular weight is 840 g/mol. The molecule has 6 atom stereocenters. The summed E-state index contributed by atoms with van der Waals surface area (Å²) >= 11 is 0. The first-order valence-electron chi connectivity index (χ1n) is 22.2. The lowest BCUT2D eigenvalue weighted by Crippen LogP contribution is -2.29. The third-order valence-electron chi connectivity index (χ3n) is 10.1.